The number of aryl methyl sites for hydroxylation is 2. The molecule has 2 aromatic rings. The molecule has 1 amide bonds. The molecule has 0 saturated carbocycles. The number of nitrogens with zero attached hydrogens (tertiary/aromatic N) is 5. The summed E-state index contributed by atoms with van der Waals surface area (Å²) in [5.41, 5.74) is 2.24. The van der Waals surface area contributed by atoms with Gasteiger partial charge in [0.05, 0.1) is 0 Å². The van der Waals surface area contributed by atoms with Crippen molar-refractivity contribution in [2.75, 3.05) is 13.1 Å². The summed E-state index contributed by atoms with van der Waals surface area (Å²) in [5, 5.41) is 4.05. The second-order valence-corrected chi connectivity index (χ2v) is 5.41. The molecule has 0 aliphatic rings. The predicted octanol–water partition coefficient (Wildman–Crippen LogP) is 2.25. The van der Waals surface area contributed by atoms with Crippen LogP contribution in [-0.4, -0.2) is 49.7 Å². The van der Waals surface area contributed by atoms with Crippen LogP contribution < -0.4 is 0 Å². The van der Waals surface area contributed by atoms with Gasteiger partial charge in [-0.05, 0) is 25.8 Å². The number of hydrogen-bond acceptors (Lipinski definition) is 4. The molecule has 2 aromatic heterocycles. The van der Waals surface area contributed by atoms with Crippen molar-refractivity contribution < 1.29 is 18.0 Å². The highest BCUT2D eigenvalue weighted by atomic mass is 19.4. The van der Waals surface area contributed by atoms with E-state index >= 15 is 0 Å². The number of carbonyl (C=O) groups is 1. The summed E-state index contributed by atoms with van der Waals surface area (Å²) in [5.74, 6) is -0.129. The highest BCUT2D eigenvalue weighted by molar-refractivity contribution is 5.76. The van der Waals surface area contributed by atoms with Crippen LogP contribution in [0.5, 0.6) is 0 Å². The zero-order valence-corrected chi connectivity index (χ0v) is 13.5. The molecule has 2 heterocycles. The van der Waals surface area contributed by atoms with Gasteiger partial charge in [0.1, 0.15) is 12.9 Å². The molecule has 0 fully saturated rings. The molecule has 0 aliphatic heterocycles. The first kappa shape index (κ1) is 17.9. The van der Waals surface area contributed by atoms with Gasteiger partial charge in [0.2, 0.25) is 5.91 Å². The average Bonchev–Trinajstić information content (AvgIpc) is 2.93. The molecular formula is C15H18F3N5O. The van der Waals surface area contributed by atoms with Crippen LogP contribution in [0.3, 0.4) is 0 Å². The minimum Gasteiger partial charge on any atom is -0.330 e. The van der Waals surface area contributed by atoms with Crippen LogP contribution in [0.25, 0.3) is 5.78 Å². The quantitative estimate of drug-likeness (QED) is 0.756. The molecule has 0 aromatic carbocycles. The molecular weight excluding hydrogens is 323 g/mol. The van der Waals surface area contributed by atoms with Crippen LogP contribution in [0, 0.1) is 13.8 Å². The van der Waals surface area contributed by atoms with E-state index in [0.29, 0.717) is 11.5 Å². The van der Waals surface area contributed by atoms with Crippen molar-refractivity contribution in [3.05, 3.63) is 35.9 Å². The molecule has 0 atom stereocenters. The van der Waals surface area contributed by atoms with E-state index in [4.69, 9.17) is 0 Å². The van der Waals surface area contributed by atoms with Crippen LogP contribution in [-0.2, 0) is 11.2 Å². The molecule has 0 radical (unpaired) electrons. The monoisotopic (exact) mass is 341 g/mol. The Morgan fingerprint density at radius 2 is 2.12 bits per heavy atom. The first-order valence-electron chi connectivity index (χ1n) is 7.34. The lowest BCUT2D eigenvalue weighted by atomic mass is 10.1. The lowest BCUT2D eigenvalue weighted by molar-refractivity contribution is -0.160. The summed E-state index contributed by atoms with van der Waals surface area (Å²) in [6.07, 6.45) is -1.55. The highest BCUT2D eigenvalue weighted by Crippen LogP contribution is 2.19. The number of hydrogen-bond donors (Lipinski definition) is 0. The van der Waals surface area contributed by atoms with E-state index in [1.165, 1.54) is 12.4 Å². The number of halogens is 3. The van der Waals surface area contributed by atoms with Crippen LogP contribution in [0.1, 0.15) is 23.4 Å². The molecule has 6 nitrogen and oxygen atoms in total. The van der Waals surface area contributed by atoms with E-state index in [1.54, 1.807) is 11.4 Å². The maximum Gasteiger partial charge on any atom is 0.406 e. The fraction of sp³-hybridized carbons (Fsp3) is 0.467. The van der Waals surface area contributed by atoms with E-state index in [0.717, 1.165) is 16.2 Å². The molecule has 9 heteroatoms. The summed E-state index contributed by atoms with van der Waals surface area (Å²) >= 11 is 0. The fourth-order valence-electron chi connectivity index (χ4n) is 2.53. The van der Waals surface area contributed by atoms with Crippen molar-refractivity contribution in [1.29, 1.82) is 0 Å². The lowest BCUT2D eigenvalue weighted by Crippen LogP contribution is -2.39. The first-order chi connectivity index (χ1) is 11.2. The normalized spacial score (nSPS) is 11.7. The Hall–Kier alpha value is -2.45. The minimum absolute atomic E-state index is 0.0481. The van der Waals surface area contributed by atoms with E-state index < -0.39 is 18.6 Å². The van der Waals surface area contributed by atoms with Crippen molar-refractivity contribution in [3.63, 3.8) is 0 Å². The molecule has 0 bridgehead atoms. The number of fused-ring (bicyclic) bond motifs is 1. The van der Waals surface area contributed by atoms with Crippen molar-refractivity contribution in [2.45, 2.75) is 32.9 Å². The van der Waals surface area contributed by atoms with Crippen molar-refractivity contribution in [3.8, 4) is 0 Å². The molecule has 0 unspecified atom stereocenters. The fourth-order valence-corrected chi connectivity index (χ4v) is 2.53. The third kappa shape index (κ3) is 4.09. The van der Waals surface area contributed by atoms with Gasteiger partial charge >= 0.3 is 6.18 Å². The van der Waals surface area contributed by atoms with Crippen LogP contribution in [0.15, 0.2) is 19.0 Å². The third-order valence-electron chi connectivity index (χ3n) is 3.65. The smallest absolute Gasteiger partial charge is 0.330 e. The summed E-state index contributed by atoms with van der Waals surface area (Å²) in [4.78, 5) is 21.2. The lowest BCUT2D eigenvalue weighted by Gasteiger charge is -2.22. The molecule has 0 N–H and O–H groups in total. The van der Waals surface area contributed by atoms with Crippen LogP contribution in [0.2, 0.25) is 0 Å². The number of aromatic nitrogens is 4. The van der Waals surface area contributed by atoms with Gasteiger partial charge in [-0.1, -0.05) is 6.08 Å². The van der Waals surface area contributed by atoms with Crippen molar-refractivity contribution in [2.24, 2.45) is 0 Å². The third-order valence-corrected chi connectivity index (χ3v) is 3.65. The Bertz CT molecular complexity index is 753. The van der Waals surface area contributed by atoms with Gasteiger partial charge < -0.3 is 4.90 Å². The largest absolute Gasteiger partial charge is 0.406 e. The molecule has 0 spiro atoms. The summed E-state index contributed by atoms with van der Waals surface area (Å²) in [7, 11) is 0. The Kier molecular flexibility index (Phi) is 5.20. The topological polar surface area (TPSA) is 63.4 Å². The standard InChI is InChI=1S/C15H18F3N5O/c1-4-7-22(8-15(16,17)18)13(24)6-5-12-10(2)21-14-19-9-20-23(14)11(12)3/h4,9H,1,5-8H2,2-3H3. The van der Waals surface area contributed by atoms with E-state index in [2.05, 4.69) is 21.6 Å². The maximum absolute atomic E-state index is 12.6. The molecule has 24 heavy (non-hydrogen) atoms. The van der Waals surface area contributed by atoms with Crippen LogP contribution >= 0.6 is 0 Å². The predicted molar refractivity (Wildman–Crippen MR) is 81.4 cm³/mol. The highest BCUT2D eigenvalue weighted by Gasteiger charge is 2.32. The second-order valence-electron chi connectivity index (χ2n) is 5.41. The van der Waals surface area contributed by atoms with Crippen molar-refractivity contribution >= 4 is 11.7 Å². The Balaban J connectivity index is 2.14. The second kappa shape index (κ2) is 6.98. The number of alkyl halides is 3. The van der Waals surface area contributed by atoms with E-state index in [-0.39, 0.29) is 19.4 Å². The van der Waals surface area contributed by atoms with Gasteiger partial charge in [0, 0.05) is 24.4 Å². The van der Waals surface area contributed by atoms with Gasteiger partial charge in [-0.2, -0.15) is 23.3 Å². The van der Waals surface area contributed by atoms with Gasteiger partial charge in [0.25, 0.3) is 5.78 Å². The van der Waals surface area contributed by atoms with Gasteiger partial charge in [-0.3, -0.25) is 4.79 Å². The summed E-state index contributed by atoms with van der Waals surface area (Å²) in [6, 6.07) is 0. The van der Waals surface area contributed by atoms with Gasteiger partial charge in [-0.15, -0.1) is 6.58 Å². The minimum atomic E-state index is -4.44. The molecule has 130 valence electrons. The van der Waals surface area contributed by atoms with E-state index in [1.807, 2.05) is 6.92 Å². The number of amides is 1. The molecule has 0 saturated heterocycles. The van der Waals surface area contributed by atoms with E-state index in [9.17, 15) is 18.0 Å². The Labute approximate surface area is 137 Å². The Morgan fingerprint density at radius 1 is 1.42 bits per heavy atom. The van der Waals surface area contributed by atoms with Gasteiger partial charge in [-0.25, -0.2) is 9.50 Å². The molecule has 0 aliphatic carbocycles. The van der Waals surface area contributed by atoms with Crippen LogP contribution in [0.4, 0.5) is 13.2 Å². The van der Waals surface area contributed by atoms with Crippen molar-refractivity contribution in [1.82, 2.24) is 24.5 Å². The summed E-state index contributed by atoms with van der Waals surface area (Å²) in [6.45, 7) is 5.56. The zero-order chi connectivity index (χ0) is 17.9. The van der Waals surface area contributed by atoms with Gasteiger partial charge in [0.15, 0.2) is 0 Å². The number of rotatable bonds is 6. The zero-order valence-electron chi connectivity index (χ0n) is 13.5. The maximum atomic E-state index is 12.6. The molecule has 2 rings (SSSR count). The summed E-state index contributed by atoms with van der Waals surface area (Å²) < 4.78 is 39.2. The average molecular weight is 341 g/mol. The SMILES string of the molecule is C=CCN(CC(F)(F)F)C(=O)CCc1c(C)nc2ncnn2c1C. The Morgan fingerprint density at radius 3 is 2.75 bits per heavy atom. The first-order valence-corrected chi connectivity index (χ1v) is 7.34. The number of carbonyl (C=O) groups excluding carboxylic acids is 1.